The molecule has 5 amide bonds. The van der Waals surface area contributed by atoms with Crippen molar-refractivity contribution in [3.05, 3.63) is 54.1 Å². The van der Waals surface area contributed by atoms with Gasteiger partial charge in [0.25, 0.3) is 5.91 Å². The van der Waals surface area contributed by atoms with E-state index < -0.39 is 12.1 Å². The third-order valence-corrected chi connectivity index (χ3v) is 9.07. The highest BCUT2D eigenvalue weighted by Crippen LogP contribution is 2.29. The summed E-state index contributed by atoms with van der Waals surface area (Å²) in [5, 5.41) is 19.0. The minimum Gasteiger partial charge on any atom is -0.490 e. The van der Waals surface area contributed by atoms with Gasteiger partial charge < -0.3 is 40.3 Å². The third-order valence-electron chi connectivity index (χ3n) is 9.07. The number of likely N-dealkylation sites (N-methyl/N-ethyl adjacent to an activating group) is 1. The van der Waals surface area contributed by atoms with Crippen LogP contribution in [0.5, 0.6) is 5.75 Å². The SMILES string of the molecule is C[C@H]1CCCCO[C@H](CN(C)C(=O)NC2CCCCC2)[C@@H](C)CN([C@@H](C)CO)C(=O)c2cc(NC(=O)Nc3ccccc3)ccc2O1. The first-order valence-corrected chi connectivity index (χ1v) is 17.1. The number of carbonyl (C=O) groups is 3. The van der Waals surface area contributed by atoms with Crippen molar-refractivity contribution in [2.75, 3.05) is 44.0 Å². The van der Waals surface area contributed by atoms with Crippen molar-refractivity contribution in [3.63, 3.8) is 0 Å². The molecule has 0 spiro atoms. The standard InChI is InChI=1S/C36H53N5O6/c1-25-22-41(26(2)24-42)34(43)31-21-30(38-35(44)37-28-14-7-5-8-15-28)18-19-32(31)47-27(3)13-11-12-20-46-33(25)23-40(4)36(45)39-29-16-9-6-10-17-29/h5,7-8,14-15,18-19,21,25-27,29,33,42H,6,9-13,16-17,20,22-24H2,1-4H3,(H,39,45)(H2,37,38,44)/t25-,26-,27-,33+/m0/s1. The maximum atomic E-state index is 14.3. The number of carbonyl (C=O) groups excluding carboxylic acids is 3. The first-order chi connectivity index (χ1) is 22.6. The van der Waals surface area contributed by atoms with Crippen LogP contribution < -0.4 is 20.7 Å². The number of aliphatic hydroxyl groups excluding tert-OH is 1. The van der Waals surface area contributed by atoms with E-state index >= 15 is 0 Å². The second-order valence-electron chi connectivity index (χ2n) is 13.1. The molecule has 0 unspecified atom stereocenters. The van der Waals surface area contributed by atoms with Gasteiger partial charge in [0.15, 0.2) is 0 Å². The molecule has 2 aliphatic rings. The van der Waals surface area contributed by atoms with Gasteiger partial charge in [0.2, 0.25) is 0 Å². The lowest BCUT2D eigenvalue weighted by atomic mass is 9.96. The second-order valence-corrected chi connectivity index (χ2v) is 13.1. The zero-order valence-electron chi connectivity index (χ0n) is 28.4. The van der Waals surface area contributed by atoms with Crippen LogP contribution in [0.15, 0.2) is 48.5 Å². The summed E-state index contributed by atoms with van der Waals surface area (Å²) in [6.07, 6.45) is 7.46. The molecule has 1 fully saturated rings. The van der Waals surface area contributed by atoms with Gasteiger partial charge in [-0.25, -0.2) is 9.59 Å². The van der Waals surface area contributed by atoms with Crippen LogP contribution in [-0.4, -0.2) is 90.5 Å². The van der Waals surface area contributed by atoms with Crippen LogP contribution >= 0.6 is 0 Å². The molecule has 0 radical (unpaired) electrons. The second kappa shape index (κ2) is 17.9. The Hall–Kier alpha value is -3.83. The Morgan fingerprint density at radius 3 is 2.40 bits per heavy atom. The molecule has 1 saturated carbocycles. The van der Waals surface area contributed by atoms with Gasteiger partial charge in [-0.15, -0.1) is 0 Å². The maximum Gasteiger partial charge on any atom is 0.323 e. The van der Waals surface area contributed by atoms with E-state index in [1.807, 2.05) is 32.0 Å². The zero-order chi connectivity index (χ0) is 33.8. The largest absolute Gasteiger partial charge is 0.490 e. The molecule has 4 atom stereocenters. The summed E-state index contributed by atoms with van der Waals surface area (Å²) in [5.74, 6) is -0.0720. The summed E-state index contributed by atoms with van der Waals surface area (Å²) < 4.78 is 12.7. The Kier molecular flexibility index (Phi) is 13.7. The molecule has 11 heteroatoms. The highest BCUT2D eigenvalue weighted by atomic mass is 16.5. The molecule has 2 aromatic rings. The van der Waals surface area contributed by atoms with E-state index in [-0.39, 0.29) is 49.3 Å². The lowest BCUT2D eigenvalue weighted by Gasteiger charge is -2.36. The van der Waals surface area contributed by atoms with Gasteiger partial charge in [-0.1, -0.05) is 44.4 Å². The van der Waals surface area contributed by atoms with Crippen molar-refractivity contribution in [2.24, 2.45) is 5.92 Å². The number of amides is 5. The number of anilines is 2. The lowest BCUT2D eigenvalue weighted by molar-refractivity contribution is -0.0123. The Balaban J connectivity index is 1.56. The quantitative estimate of drug-likeness (QED) is 0.286. The number of urea groups is 2. The number of benzene rings is 2. The third kappa shape index (κ3) is 10.9. The summed E-state index contributed by atoms with van der Waals surface area (Å²) in [4.78, 5) is 43.6. The molecule has 1 heterocycles. The molecule has 4 N–H and O–H groups in total. The fraction of sp³-hybridized carbons (Fsp3) is 0.583. The van der Waals surface area contributed by atoms with Crippen molar-refractivity contribution in [3.8, 4) is 5.75 Å². The number of fused-ring (bicyclic) bond motifs is 1. The smallest absolute Gasteiger partial charge is 0.323 e. The number of aliphatic hydroxyl groups is 1. The number of hydrogen-bond donors (Lipinski definition) is 4. The Bertz CT molecular complexity index is 1300. The maximum absolute atomic E-state index is 14.3. The molecule has 11 nitrogen and oxygen atoms in total. The van der Waals surface area contributed by atoms with Crippen molar-refractivity contribution < 1.29 is 29.0 Å². The van der Waals surface area contributed by atoms with Crippen molar-refractivity contribution in [1.82, 2.24) is 15.1 Å². The van der Waals surface area contributed by atoms with Gasteiger partial charge in [-0.05, 0) is 76.3 Å². The van der Waals surface area contributed by atoms with Crippen LogP contribution in [0.2, 0.25) is 0 Å². The van der Waals surface area contributed by atoms with Crippen LogP contribution in [0, 0.1) is 5.92 Å². The van der Waals surface area contributed by atoms with Crippen LogP contribution in [0.3, 0.4) is 0 Å². The summed E-state index contributed by atoms with van der Waals surface area (Å²) in [6, 6.07) is 13.3. The zero-order valence-corrected chi connectivity index (χ0v) is 28.4. The van der Waals surface area contributed by atoms with E-state index in [4.69, 9.17) is 9.47 Å². The fourth-order valence-corrected chi connectivity index (χ4v) is 6.16. The van der Waals surface area contributed by atoms with Crippen molar-refractivity contribution in [2.45, 2.75) is 96.4 Å². The molecule has 1 aliphatic heterocycles. The van der Waals surface area contributed by atoms with Gasteiger partial charge >= 0.3 is 12.1 Å². The number of nitrogens with zero attached hydrogens (tertiary/aromatic N) is 2. The summed E-state index contributed by atoms with van der Waals surface area (Å²) in [6.45, 7) is 6.72. The molecule has 1 aliphatic carbocycles. The van der Waals surface area contributed by atoms with Crippen LogP contribution in [-0.2, 0) is 4.74 Å². The van der Waals surface area contributed by atoms with Gasteiger partial charge in [0.1, 0.15) is 5.75 Å². The molecule has 0 saturated heterocycles. The highest BCUT2D eigenvalue weighted by Gasteiger charge is 2.31. The lowest BCUT2D eigenvalue weighted by Crippen LogP contribution is -2.50. The molecule has 47 heavy (non-hydrogen) atoms. The fourth-order valence-electron chi connectivity index (χ4n) is 6.16. The van der Waals surface area contributed by atoms with Crippen LogP contribution in [0.25, 0.3) is 0 Å². The van der Waals surface area contributed by atoms with Gasteiger partial charge in [-0.2, -0.15) is 0 Å². The Labute approximate surface area is 279 Å². The number of rotatable bonds is 7. The van der Waals surface area contributed by atoms with Crippen LogP contribution in [0.4, 0.5) is 21.0 Å². The number of nitrogens with one attached hydrogen (secondary N) is 3. The number of para-hydroxylation sites is 1. The average molecular weight is 652 g/mol. The van der Waals surface area contributed by atoms with Gasteiger partial charge in [0, 0.05) is 50.1 Å². The normalized spacial score (nSPS) is 22.2. The predicted molar refractivity (Wildman–Crippen MR) is 184 cm³/mol. The minimum absolute atomic E-state index is 0.111. The van der Waals surface area contributed by atoms with E-state index in [0.717, 1.165) is 44.9 Å². The average Bonchev–Trinajstić information content (AvgIpc) is 3.06. The summed E-state index contributed by atoms with van der Waals surface area (Å²) >= 11 is 0. The molecular formula is C36H53N5O6. The Morgan fingerprint density at radius 2 is 1.68 bits per heavy atom. The molecule has 0 aromatic heterocycles. The number of ether oxygens (including phenoxy) is 2. The molecule has 258 valence electrons. The van der Waals surface area contributed by atoms with E-state index in [2.05, 4.69) is 16.0 Å². The van der Waals surface area contributed by atoms with E-state index in [1.165, 1.54) is 6.42 Å². The monoisotopic (exact) mass is 651 g/mol. The van der Waals surface area contributed by atoms with Crippen molar-refractivity contribution >= 4 is 29.3 Å². The van der Waals surface area contributed by atoms with E-state index in [9.17, 15) is 19.5 Å². The molecular weight excluding hydrogens is 598 g/mol. The molecule has 4 rings (SSSR count). The molecule has 0 bridgehead atoms. The summed E-state index contributed by atoms with van der Waals surface area (Å²) in [5.41, 5.74) is 1.36. The van der Waals surface area contributed by atoms with E-state index in [0.29, 0.717) is 35.8 Å². The highest BCUT2D eigenvalue weighted by molar-refractivity contribution is 6.02. The number of hydrogen-bond acceptors (Lipinski definition) is 6. The van der Waals surface area contributed by atoms with Gasteiger partial charge in [-0.3, -0.25) is 4.79 Å². The van der Waals surface area contributed by atoms with Crippen molar-refractivity contribution in [1.29, 1.82) is 0 Å². The Morgan fingerprint density at radius 1 is 0.979 bits per heavy atom. The van der Waals surface area contributed by atoms with E-state index in [1.54, 1.807) is 54.1 Å². The minimum atomic E-state index is -0.505. The summed E-state index contributed by atoms with van der Waals surface area (Å²) in [7, 11) is 1.79. The first kappa shape index (κ1) is 36.0. The molecule has 2 aromatic carbocycles. The topological polar surface area (TPSA) is 132 Å². The first-order valence-electron chi connectivity index (χ1n) is 17.1. The predicted octanol–water partition coefficient (Wildman–Crippen LogP) is 6.10. The van der Waals surface area contributed by atoms with Gasteiger partial charge in [0.05, 0.1) is 30.4 Å². The van der Waals surface area contributed by atoms with Crippen LogP contribution in [0.1, 0.15) is 82.5 Å².